The Balaban J connectivity index is 0.00000264. The maximum absolute atomic E-state index is 12.0. The lowest BCUT2D eigenvalue weighted by Gasteiger charge is -2.22. The van der Waals surface area contributed by atoms with Gasteiger partial charge in [0.05, 0.1) is 6.04 Å². The van der Waals surface area contributed by atoms with Crippen molar-refractivity contribution in [3.63, 3.8) is 0 Å². The van der Waals surface area contributed by atoms with Crippen LogP contribution in [-0.2, 0) is 16.1 Å². The van der Waals surface area contributed by atoms with Gasteiger partial charge in [0.25, 0.3) is 0 Å². The van der Waals surface area contributed by atoms with Crippen LogP contribution in [0.15, 0.2) is 24.3 Å². The van der Waals surface area contributed by atoms with E-state index in [9.17, 15) is 9.59 Å². The van der Waals surface area contributed by atoms with Crippen LogP contribution in [0.2, 0.25) is 0 Å². The van der Waals surface area contributed by atoms with Crippen LogP contribution < -0.4 is 16.0 Å². The van der Waals surface area contributed by atoms with Gasteiger partial charge in [-0.1, -0.05) is 32.4 Å². The number of rotatable bonds is 5. The summed E-state index contributed by atoms with van der Waals surface area (Å²) in [5.41, 5.74) is 1.80. The topological polar surface area (TPSA) is 70.2 Å². The first kappa shape index (κ1) is 19.5. The average molecular weight is 340 g/mol. The molecule has 0 unspecified atom stereocenters. The third kappa shape index (κ3) is 6.20. The zero-order valence-electron chi connectivity index (χ0n) is 13.7. The van der Waals surface area contributed by atoms with E-state index >= 15 is 0 Å². The Kier molecular flexibility index (Phi) is 8.06. The van der Waals surface area contributed by atoms with Crippen LogP contribution in [0.25, 0.3) is 0 Å². The minimum atomic E-state index is -0.0571. The van der Waals surface area contributed by atoms with Crippen molar-refractivity contribution in [1.82, 2.24) is 10.6 Å². The van der Waals surface area contributed by atoms with E-state index in [1.54, 1.807) is 0 Å². The highest BCUT2D eigenvalue weighted by atomic mass is 35.5. The molecular weight excluding hydrogens is 314 g/mol. The van der Waals surface area contributed by atoms with Crippen LogP contribution in [0.1, 0.15) is 38.7 Å². The van der Waals surface area contributed by atoms with Crippen molar-refractivity contribution in [3.05, 3.63) is 29.8 Å². The molecule has 1 aromatic rings. The van der Waals surface area contributed by atoms with Crippen molar-refractivity contribution in [2.75, 3.05) is 11.9 Å². The molecule has 0 bridgehead atoms. The summed E-state index contributed by atoms with van der Waals surface area (Å²) in [7, 11) is 0. The highest BCUT2D eigenvalue weighted by molar-refractivity contribution is 5.92. The molecular formula is C17H26ClN3O2. The lowest BCUT2D eigenvalue weighted by atomic mass is 10.0. The van der Waals surface area contributed by atoms with Gasteiger partial charge in [-0.3, -0.25) is 9.59 Å². The largest absolute Gasteiger partial charge is 0.351 e. The molecule has 1 aliphatic heterocycles. The van der Waals surface area contributed by atoms with Gasteiger partial charge in [0.15, 0.2) is 0 Å². The molecule has 0 spiro atoms. The highest BCUT2D eigenvalue weighted by Gasteiger charge is 2.19. The van der Waals surface area contributed by atoms with E-state index < -0.39 is 0 Å². The monoisotopic (exact) mass is 339 g/mol. The van der Waals surface area contributed by atoms with E-state index in [0.717, 1.165) is 37.1 Å². The molecule has 0 radical (unpaired) electrons. The first-order valence-corrected chi connectivity index (χ1v) is 7.97. The lowest BCUT2D eigenvalue weighted by molar-refractivity contribution is -0.123. The number of carbonyl (C=O) groups excluding carboxylic acids is 2. The fourth-order valence-electron chi connectivity index (χ4n) is 2.38. The summed E-state index contributed by atoms with van der Waals surface area (Å²) >= 11 is 0. The normalized spacial score (nSPS) is 17.3. The smallest absolute Gasteiger partial charge is 0.237 e. The van der Waals surface area contributed by atoms with E-state index in [2.05, 4.69) is 16.0 Å². The van der Waals surface area contributed by atoms with Gasteiger partial charge in [0.2, 0.25) is 11.8 Å². The molecule has 1 heterocycles. The Labute approximate surface area is 144 Å². The molecule has 23 heavy (non-hydrogen) atoms. The van der Waals surface area contributed by atoms with E-state index in [1.807, 2.05) is 38.1 Å². The Morgan fingerprint density at radius 3 is 2.48 bits per heavy atom. The second-order valence-electron chi connectivity index (χ2n) is 6.06. The van der Waals surface area contributed by atoms with Crippen molar-refractivity contribution in [3.8, 4) is 0 Å². The van der Waals surface area contributed by atoms with Gasteiger partial charge >= 0.3 is 0 Å². The van der Waals surface area contributed by atoms with Crippen LogP contribution in [0.4, 0.5) is 5.69 Å². The van der Waals surface area contributed by atoms with Gasteiger partial charge in [-0.2, -0.15) is 0 Å². The molecule has 1 aliphatic rings. The third-order valence-corrected chi connectivity index (χ3v) is 3.84. The fourth-order valence-corrected chi connectivity index (χ4v) is 2.38. The number of hydrogen-bond acceptors (Lipinski definition) is 3. The van der Waals surface area contributed by atoms with Crippen LogP contribution in [-0.4, -0.2) is 24.4 Å². The molecule has 3 N–H and O–H groups in total. The molecule has 6 heteroatoms. The molecule has 0 aliphatic carbocycles. The molecule has 1 atom stereocenters. The Bertz CT molecular complexity index is 511. The number of carbonyl (C=O) groups is 2. The second kappa shape index (κ2) is 9.53. The van der Waals surface area contributed by atoms with Crippen molar-refractivity contribution in [2.45, 2.75) is 45.7 Å². The summed E-state index contributed by atoms with van der Waals surface area (Å²) in [5, 5.41) is 9.04. The van der Waals surface area contributed by atoms with Gasteiger partial charge in [-0.05, 0) is 37.1 Å². The molecule has 1 fully saturated rings. The SMILES string of the molecule is CC(C)C(=O)Nc1ccc(CNC(=O)[C@H]2CCCCN2)cc1.Cl. The number of piperidine rings is 1. The predicted molar refractivity (Wildman–Crippen MR) is 94.6 cm³/mol. The summed E-state index contributed by atoms with van der Waals surface area (Å²) in [5.74, 6) is 0.0308. The first-order chi connectivity index (χ1) is 10.6. The molecule has 1 saturated heterocycles. The summed E-state index contributed by atoms with van der Waals surface area (Å²) in [6.45, 7) is 5.15. The van der Waals surface area contributed by atoms with Gasteiger partial charge < -0.3 is 16.0 Å². The summed E-state index contributed by atoms with van der Waals surface area (Å²) < 4.78 is 0. The lowest BCUT2D eigenvalue weighted by Crippen LogP contribution is -2.46. The van der Waals surface area contributed by atoms with Gasteiger partial charge in [0.1, 0.15) is 0 Å². The maximum Gasteiger partial charge on any atom is 0.237 e. The van der Waals surface area contributed by atoms with Crippen LogP contribution in [0.5, 0.6) is 0 Å². The molecule has 0 saturated carbocycles. The van der Waals surface area contributed by atoms with E-state index in [4.69, 9.17) is 0 Å². The van der Waals surface area contributed by atoms with Crippen molar-refractivity contribution in [2.24, 2.45) is 5.92 Å². The van der Waals surface area contributed by atoms with Crippen molar-refractivity contribution in [1.29, 1.82) is 0 Å². The quantitative estimate of drug-likeness (QED) is 0.771. The van der Waals surface area contributed by atoms with E-state index in [0.29, 0.717) is 6.54 Å². The molecule has 2 amide bonds. The zero-order chi connectivity index (χ0) is 15.9. The first-order valence-electron chi connectivity index (χ1n) is 7.97. The van der Waals surface area contributed by atoms with Crippen molar-refractivity contribution < 1.29 is 9.59 Å². The number of nitrogens with one attached hydrogen (secondary N) is 3. The minimum absolute atomic E-state index is 0. The van der Waals surface area contributed by atoms with E-state index in [1.165, 1.54) is 0 Å². The second-order valence-corrected chi connectivity index (χ2v) is 6.06. The van der Waals surface area contributed by atoms with Gasteiger partial charge in [0, 0.05) is 18.2 Å². The van der Waals surface area contributed by atoms with Crippen LogP contribution >= 0.6 is 12.4 Å². The standard InChI is InChI=1S/C17H25N3O2.ClH/c1-12(2)16(21)20-14-8-6-13(7-9-14)11-19-17(22)15-5-3-4-10-18-15;/h6-9,12,15,18H,3-5,10-11H2,1-2H3,(H,19,22)(H,20,21);1H/t15-;/m1./s1. The highest BCUT2D eigenvalue weighted by Crippen LogP contribution is 2.11. The van der Waals surface area contributed by atoms with Gasteiger partial charge in [-0.15, -0.1) is 12.4 Å². The summed E-state index contributed by atoms with van der Waals surface area (Å²) in [4.78, 5) is 23.6. The maximum atomic E-state index is 12.0. The summed E-state index contributed by atoms with van der Waals surface area (Å²) in [6, 6.07) is 7.51. The number of halogens is 1. The summed E-state index contributed by atoms with van der Waals surface area (Å²) in [6.07, 6.45) is 3.16. The molecule has 0 aromatic heterocycles. The minimum Gasteiger partial charge on any atom is -0.351 e. The Hall–Kier alpha value is -1.59. The third-order valence-electron chi connectivity index (χ3n) is 3.84. The van der Waals surface area contributed by atoms with E-state index in [-0.39, 0.29) is 36.2 Å². The molecule has 128 valence electrons. The van der Waals surface area contributed by atoms with Gasteiger partial charge in [-0.25, -0.2) is 0 Å². The predicted octanol–water partition coefficient (Wildman–Crippen LogP) is 2.46. The Morgan fingerprint density at radius 1 is 1.22 bits per heavy atom. The number of anilines is 1. The molecule has 1 aromatic carbocycles. The van der Waals surface area contributed by atoms with Crippen LogP contribution in [0.3, 0.4) is 0 Å². The fraction of sp³-hybridized carbons (Fsp3) is 0.529. The molecule has 5 nitrogen and oxygen atoms in total. The van der Waals surface area contributed by atoms with Crippen LogP contribution in [0, 0.1) is 5.92 Å². The zero-order valence-corrected chi connectivity index (χ0v) is 14.5. The number of amides is 2. The number of hydrogen-bond donors (Lipinski definition) is 3. The average Bonchev–Trinajstić information content (AvgIpc) is 2.54. The molecule has 2 rings (SSSR count). The van der Waals surface area contributed by atoms with Crippen molar-refractivity contribution >= 4 is 29.9 Å². The number of benzene rings is 1. The Morgan fingerprint density at radius 2 is 1.91 bits per heavy atom.